The second-order valence-electron chi connectivity index (χ2n) is 7.46. The number of sulfonamides is 1. The Kier molecular flexibility index (Phi) is 9.99. The number of nitrogens with one attached hydrogen (secondary N) is 1. The van der Waals surface area contributed by atoms with Crippen LogP contribution in [0.2, 0.25) is 15.1 Å². The van der Waals surface area contributed by atoms with Gasteiger partial charge in [-0.05, 0) is 49.2 Å². The molecule has 0 spiro atoms. The molecule has 0 unspecified atom stereocenters. The highest BCUT2D eigenvalue weighted by atomic mass is 35.5. The first-order chi connectivity index (χ1) is 15.9. The van der Waals surface area contributed by atoms with Gasteiger partial charge in [-0.1, -0.05) is 47.8 Å². The first kappa shape index (κ1) is 28.2. The quantitative estimate of drug-likeness (QED) is 0.470. The molecular formula is C22H25Cl3FN3O4S. The predicted molar refractivity (Wildman–Crippen MR) is 133 cm³/mol. The SMILES string of the molecule is CCNC(=O)[C@@H](CC)N(Cc1ccc(Cl)c(Cl)c1)C(=O)CN(c1ccc(F)c(Cl)c1)S(C)(=O)=O. The summed E-state index contributed by atoms with van der Waals surface area (Å²) in [5.41, 5.74) is 0.615. The topological polar surface area (TPSA) is 86.8 Å². The molecule has 2 aromatic rings. The zero-order valence-corrected chi connectivity index (χ0v) is 21.9. The highest BCUT2D eigenvalue weighted by Crippen LogP contribution is 2.26. The van der Waals surface area contributed by atoms with Crippen molar-refractivity contribution in [2.24, 2.45) is 0 Å². The Labute approximate surface area is 213 Å². The lowest BCUT2D eigenvalue weighted by molar-refractivity contribution is -0.140. The van der Waals surface area contributed by atoms with Gasteiger partial charge in [0, 0.05) is 13.1 Å². The van der Waals surface area contributed by atoms with Gasteiger partial charge < -0.3 is 10.2 Å². The minimum Gasteiger partial charge on any atom is -0.355 e. The van der Waals surface area contributed by atoms with Gasteiger partial charge in [0.1, 0.15) is 18.4 Å². The summed E-state index contributed by atoms with van der Waals surface area (Å²) in [5.74, 6) is -1.75. The van der Waals surface area contributed by atoms with Crippen LogP contribution < -0.4 is 9.62 Å². The summed E-state index contributed by atoms with van der Waals surface area (Å²) in [5, 5.41) is 3.01. The van der Waals surface area contributed by atoms with Gasteiger partial charge in [0.05, 0.1) is 27.0 Å². The maximum absolute atomic E-state index is 13.6. The number of carbonyl (C=O) groups excluding carboxylic acids is 2. The van der Waals surface area contributed by atoms with Crippen LogP contribution in [0.4, 0.5) is 10.1 Å². The van der Waals surface area contributed by atoms with Gasteiger partial charge in [-0.25, -0.2) is 12.8 Å². The molecule has 0 heterocycles. The van der Waals surface area contributed by atoms with Crippen LogP contribution in [0.15, 0.2) is 36.4 Å². The van der Waals surface area contributed by atoms with Gasteiger partial charge in [0.2, 0.25) is 21.8 Å². The third kappa shape index (κ3) is 7.21. The number of hydrogen-bond acceptors (Lipinski definition) is 4. The number of anilines is 1. The van der Waals surface area contributed by atoms with Crippen molar-refractivity contribution in [1.29, 1.82) is 0 Å². The number of rotatable bonds is 10. The Hall–Kier alpha value is -2.07. The van der Waals surface area contributed by atoms with E-state index in [0.29, 0.717) is 17.1 Å². The molecule has 0 aromatic heterocycles. The smallest absolute Gasteiger partial charge is 0.244 e. The summed E-state index contributed by atoms with van der Waals surface area (Å²) < 4.78 is 39.5. The highest BCUT2D eigenvalue weighted by Gasteiger charge is 2.31. The van der Waals surface area contributed by atoms with Crippen molar-refractivity contribution in [3.8, 4) is 0 Å². The Morgan fingerprint density at radius 2 is 1.71 bits per heavy atom. The molecule has 1 atom stereocenters. The van der Waals surface area contributed by atoms with Crippen LogP contribution in [0.5, 0.6) is 0 Å². The van der Waals surface area contributed by atoms with Gasteiger partial charge >= 0.3 is 0 Å². The van der Waals surface area contributed by atoms with Crippen molar-refractivity contribution in [2.45, 2.75) is 32.9 Å². The van der Waals surface area contributed by atoms with Crippen molar-refractivity contribution in [1.82, 2.24) is 10.2 Å². The Morgan fingerprint density at radius 3 is 2.24 bits per heavy atom. The predicted octanol–water partition coefficient (Wildman–Crippen LogP) is 4.50. The molecule has 2 aromatic carbocycles. The number of benzene rings is 2. The molecule has 7 nitrogen and oxygen atoms in total. The maximum atomic E-state index is 13.6. The van der Waals surface area contributed by atoms with Crippen LogP contribution in [0.3, 0.4) is 0 Å². The first-order valence-electron chi connectivity index (χ1n) is 10.3. The average molecular weight is 553 g/mol. The maximum Gasteiger partial charge on any atom is 0.244 e. The van der Waals surface area contributed by atoms with E-state index in [4.69, 9.17) is 34.8 Å². The standard InChI is InChI=1S/C22H25Cl3FN3O4S/c1-4-20(22(31)27-5-2)28(12-14-6-8-16(23)17(24)10-14)21(30)13-29(34(3,32)33)15-7-9-19(26)18(25)11-15/h6-11,20H,4-5,12-13H2,1-3H3,(H,27,31)/t20-/m1/s1. The van der Waals surface area contributed by atoms with E-state index in [1.54, 1.807) is 32.0 Å². The summed E-state index contributed by atoms with van der Waals surface area (Å²) in [6, 6.07) is 7.26. The molecule has 0 bridgehead atoms. The normalized spacial score (nSPS) is 12.2. The van der Waals surface area contributed by atoms with Crippen LogP contribution in [-0.4, -0.2) is 50.5 Å². The van der Waals surface area contributed by atoms with Crippen molar-refractivity contribution in [2.75, 3.05) is 23.7 Å². The van der Waals surface area contributed by atoms with E-state index in [-0.39, 0.29) is 34.6 Å². The molecule has 0 fully saturated rings. The summed E-state index contributed by atoms with van der Waals surface area (Å²) in [6.45, 7) is 3.20. The van der Waals surface area contributed by atoms with E-state index in [1.807, 2.05) is 0 Å². The molecule has 0 saturated heterocycles. The summed E-state index contributed by atoms with van der Waals surface area (Å²) in [7, 11) is -3.96. The highest BCUT2D eigenvalue weighted by molar-refractivity contribution is 7.92. The van der Waals surface area contributed by atoms with Crippen LogP contribution >= 0.6 is 34.8 Å². The second-order valence-corrected chi connectivity index (χ2v) is 10.6. The van der Waals surface area contributed by atoms with Crippen LogP contribution in [-0.2, 0) is 26.2 Å². The first-order valence-corrected chi connectivity index (χ1v) is 13.3. The Morgan fingerprint density at radius 1 is 1.03 bits per heavy atom. The molecule has 0 saturated carbocycles. The molecule has 0 radical (unpaired) electrons. The number of hydrogen-bond donors (Lipinski definition) is 1. The number of nitrogens with zero attached hydrogens (tertiary/aromatic N) is 2. The molecule has 1 N–H and O–H groups in total. The molecule has 34 heavy (non-hydrogen) atoms. The zero-order chi connectivity index (χ0) is 25.6. The minimum absolute atomic E-state index is 0.0165. The zero-order valence-electron chi connectivity index (χ0n) is 18.8. The van der Waals surface area contributed by atoms with Crippen molar-refractivity contribution < 1.29 is 22.4 Å². The van der Waals surface area contributed by atoms with Crippen molar-refractivity contribution >= 4 is 62.3 Å². The van der Waals surface area contributed by atoms with E-state index < -0.39 is 34.3 Å². The average Bonchev–Trinajstić information content (AvgIpc) is 2.75. The fourth-order valence-corrected chi connectivity index (χ4v) is 4.64. The number of amides is 2. The Bertz CT molecular complexity index is 1160. The molecule has 0 aliphatic carbocycles. The van der Waals surface area contributed by atoms with E-state index in [2.05, 4.69) is 5.32 Å². The molecule has 2 rings (SSSR count). The summed E-state index contributed by atoms with van der Waals surface area (Å²) in [6.07, 6.45) is 1.20. The van der Waals surface area contributed by atoms with Crippen LogP contribution in [0.1, 0.15) is 25.8 Å². The molecule has 0 aliphatic heterocycles. The number of likely N-dealkylation sites (N-methyl/N-ethyl adjacent to an activating group) is 1. The van der Waals surface area contributed by atoms with Gasteiger partial charge in [-0.15, -0.1) is 0 Å². The lowest BCUT2D eigenvalue weighted by Crippen LogP contribution is -2.52. The van der Waals surface area contributed by atoms with Crippen molar-refractivity contribution in [3.05, 3.63) is 62.8 Å². The van der Waals surface area contributed by atoms with Crippen LogP contribution in [0, 0.1) is 5.82 Å². The van der Waals surface area contributed by atoms with E-state index >= 15 is 0 Å². The molecule has 12 heteroatoms. The van der Waals surface area contributed by atoms with E-state index in [1.165, 1.54) is 11.0 Å². The number of carbonyl (C=O) groups is 2. The Balaban J connectivity index is 2.47. The monoisotopic (exact) mass is 551 g/mol. The lowest BCUT2D eigenvalue weighted by atomic mass is 10.1. The summed E-state index contributed by atoms with van der Waals surface area (Å²) in [4.78, 5) is 27.5. The molecule has 186 valence electrons. The van der Waals surface area contributed by atoms with E-state index in [9.17, 15) is 22.4 Å². The third-order valence-corrected chi connectivity index (χ3v) is 7.11. The van der Waals surface area contributed by atoms with Gasteiger partial charge in [-0.3, -0.25) is 13.9 Å². The van der Waals surface area contributed by atoms with E-state index in [0.717, 1.165) is 22.7 Å². The number of halogens is 4. The van der Waals surface area contributed by atoms with Gasteiger partial charge in [-0.2, -0.15) is 0 Å². The second kappa shape index (κ2) is 12.1. The van der Waals surface area contributed by atoms with Crippen LogP contribution in [0.25, 0.3) is 0 Å². The third-order valence-electron chi connectivity index (χ3n) is 4.94. The minimum atomic E-state index is -3.96. The fourth-order valence-electron chi connectivity index (χ4n) is 3.30. The fraction of sp³-hybridized carbons (Fsp3) is 0.364. The lowest BCUT2D eigenvalue weighted by Gasteiger charge is -2.33. The largest absolute Gasteiger partial charge is 0.355 e. The molecular weight excluding hydrogens is 528 g/mol. The molecule has 0 aliphatic rings. The van der Waals surface area contributed by atoms with Gasteiger partial charge in [0.25, 0.3) is 0 Å². The molecule has 2 amide bonds. The van der Waals surface area contributed by atoms with Gasteiger partial charge in [0.15, 0.2) is 0 Å². The van der Waals surface area contributed by atoms with Crippen molar-refractivity contribution in [3.63, 3.8) is 0 Å². The summed E-state index contributed by atoms with van der Waals surface area (Å²) >= 11 is 17.9.